The van der Waals surface area contributed by atoms with Gasteiger partial charge in [0.25, 0.3) is 0 Å². The molecule has 3 nitrogen and oxygen atoms in total. The van der Waals surface area contributed by atoms with E-state index in [1.165, 1.54) is 0 Å². The zero-order valence-corrected chi connectivity index (χ0v) is 9.00. The molecule has 2 unspecified atom stereocenters. The van der Waals surface area contributed by atoms with Crippen molar-refractivity contribution in [2.75, 3.05) is 0 Å². The molecule has 2 atom stereocenters. The maximum Gasteiger partial charge on any atom is 0.136 e. The van der Waals surface area contributed by atoms with Gasteiger partial charge in [0.15, 0.2) is 0 Å². The number of hydrogen-bond donors (Lipinski definition) is 0. The van der Waals surface area contributed by atoms with E-state index in [0.717, 1.165) is 12.8 Å². The van der Waals surface area contributed by atoms with E-state index in [2.05, 4.69) is 33.4 Å². The molecule has 2 fully saturated rings. The standard InChI is InChI=1S/C11H16N2O/c1-8-9(7-12)11(4)6-5-10(2,3)13(11)14-8/h9H,1,5-6H2,2-4H3. The first-order chi connectivity index (χ1) is 6.42. The molecule has 14 heavy (non-hydrogen) atoms. The molecule has 76 valence electrons. The monoisotopic (exact) mass is 192 g/mol. The van der Waals surface area contributed by atoms with E-state index in [9.17, 15) is 0 Å². The summed E-state index contributed by atoms with van der Waals surface area (Å²) >= 11 is 0. The van der Waals surface area contributed by atoms with Gasteiger partial charge >= 0.3 is 0 Å². The lowest BCUT2D eigenvalue weighted by molar-refractivity contribution is -0.173. The summed E-state index contributed by atoms with van der Waals surface area (Å²) in [5.74, 6) is 0.409. The fourth-order valence-corrected chi connectivity index (χ4v) is 2.67. The van der Waals surface area contributed by atoms with Gasteiger partial charge in [-0.1, -0.05) is 6.58 Å². The van der Waals surface area contributed by atoms with Crippen molar-refractivity contribution in [1.29, 1.82) is 5.26 Å². The van der Waals surface area contributed by atoms with Crippen LogP contribution in [-0.2, 0) is 4.84 Å². The topological polar surface area (TPSA) is 36.3 Å². The third-order valence-corrected chi connectivity index (χ3v) is 3.54. The highest BCUT2D eigenvalue weighted by molar-refractivity contribution is 5.22. The Bertz CT molecular complexity index is 329. The van der Waals surface area contributed by atoms with Crippen molar-refractivity contribution in [3.8, 4) is 6.07 Å². The summed E-state index contributed by atoms with van der Waals surface area (Å²) in [6.45, 7) is 10.2. The molecule has 2 rings (SSSR count). The van der Waals surface area contributed by atoms with Crippen molar-refractivity contribution in [1.82, 2.24) is 5.06 Å². The molecule has 3 heteroatoms. The molecule has 0 bridgehead atoms. The Kier molecular flexibility index (Phi) is 1.71. The van der Waals surface area contributed by atoms with E-state index < -0.39 is 0 Å². The average molecular weight is 192 g/mol. The number of rotatable bonds is 0. The molecule has 2 heterocycles. The zero-order chi connectivity index (χ0) is 10.6. The van der Waals surface area contributed by atoms with E-state index in [4.69, 9.17) is 10.1 Å². The Labute approximate surface area is 84.9 Å². The highest BCUT2D eigenvalue weighted by Gasteiger charge is 2.59. The Balaban J connectivity index is 2.41. The lowest BCUT2D eigenvalue weighted by atomic mass is 9.85. The lowest BCUT2D eigenvalue weighted by Gasteiger charge is -2.33. The van der Waals surface area contributed by atoms with E-state index in [0.29, 0.717) is 5.76 Å². The van der Waals surface area contributed by atoms with Crippen molar-refractivity contribution in [3.63, 3.8) is 0 Å². The van der Waals surface area contributed by atoms with Gasteiger partial charge in [0.2, 0.25) is 0 Å². The van der Waals surface area contributed by atoms with Gasteiger partial charge in [-0.25, -0.2) is 0 Å². The fraction of sp³-hybridized carbons (Fsp3) is 0.727. The van der Waals surface area contributed by atoms with E-state index in [-0.39, 0.29) is 17.0 Å². The second kappa shape index (κ2) is 2.52. The molecule has 2 aliphatic heterocycles. The Hall–Kier alpha value is -1.01. The second-order valence-electron chi connectivity index (χ2n) is 5.08. The molecule has 0 radical (unpaired) electrons. The normalized spacial score (nSPS) is 40.4. The molecule has 0 saturated carbocycles. The summed E-state index contributed by atoms with van der Waals surface area (Å²) in [4.78, 5) is 5.62. The number of nitriles is 1. The van der Waals surface area contributed by atoms with Crippen LogP contribution in [0, 0.1) is 17.2 Å². The van der Waals surface area contributed by atoms with Crippen LogP contribution in [0.2, 0.25) is 0 Å². The predicted molar refractivity (Wildman–Crippen MR) is 52.9 cm³/mol. The fourth-order valence-electron chi connectivity index (χ4n) is 2.67. The molecule has 0 aromatic rings. The maximum absolute atomic E-state index is 9.10. The smallest absolute Gasteiger partial charge is 0.136 e. The highest BCUT2D eigenvalue weighted by atomic mass is 16.7. The van der Waals surface area contributed by atoms with Crippen molar-refractivity contribution in [3.05, 3.63) is 12.3 Å². The third kappa shape index (κ3) is 0.949. The van der Waals surface area contributed by atoms with Crippen LogP contribution in [0.4, 0.5) is 0 Å². The Morgan fingerprint density at radius 2 is 2.14 bits per heavy atom. The summed E-state index contributed by atoms with van der Waals surface area (Å²) in [6.07, 6.45) is 2.06. The molecule has 0 aromatic carbocycles. The van der Waals surface area contributed by atoms with Crippen LogP contribution in [0.5, 0.6) is 0 Å². The van der Waals surface area contributed by atoms with Crippen molar-refractivity contribution in [2.24, 2.45) is 5.92 Å². The highest BCUT2D eigenvalue weighted by Crippen LogP contribution is 2.52. The molecule has 0 N–H and O–H groups in total. The molecule has 0 amide bonds. The molecule has 0 spiro atoms. The summed E-state index contributed by atoms with van der Waals surface area (Å²) < 4.78 is 0. The first-order valence-corrected chi connectivity index (χ1v) is 4.98. The van der Waals surface area contributed by atoms with Crippen molar-refractivity contribution in [2.45, 2.75) is 44.7 Å². The summed E-state index contributed by atoms with van der Waals surface area (Å²) in [5, 5.41) is 11.1. The molecule has 0 aromatic heterocycles. The van der Waals surface area contributed by atoms with Crippen LogP contribution >= 0.6 is 0 Å². The van der Waals surface area contributed by atoms with Crippen LogP contribution in [-0.4, -0.2) is 16.1 Å². The maximum atomic E-state index is 9.10. The summed E-state index contributed by atoms with van der Waals surface area (Å²) in [6, 6.07) is 2.30. The van der Waals surface area contributed by atoms with Gasteiger partial charge in [0.05, 0.1) is 17.1 Å². The van der Waals surface area contributed by atoms with E-state index >= 15 is 0 Å². The number of hydrogen-bond acceptors (Lipinski definition) is 3. The molecule has 0 aliphatic carbocycles. The number of hydroxylamine groups is 2. The van der Waals surface area contributed by atoms with Crippen LogP contribution < -0.4 is 0 Å². The molecule has 2 saturated heterocycles. The van der Waals surface area contributed by atoms with Crippen LogP contribution in [0.1, 0.15) is 33.6 Å². The number of nitrogens with zero attached hydrogens (tertiary/aromatic N) is 2. The van der Waals surface area contributed by atoms with Gasteiger partial charge in [-0.3, -0.25) is 0 Å². The molecular formula is C11H16N2O. The first-order valence-electron chi connectivity index (χ1n) is 4.98. The van der Waals surface area contributed by atoms with Crippen molar-refractivity contribution >= 4 is 0 Å². The lowest BCUT2D eigenvalue weighted by Crippen LogP contribution is -2.46. The van der Waals surface area contributed by atoms with Gasteiger partial charge in [-0.05, 0) is 33.6 Å². The Morgan fingerprint density at radius 3 is 2.71 bits per heavy atom. The van der Waals surface area contributed by atoms with Crippen molar-refractivity contribution < 1.29 is 4.84 Å². The minimum atomic E-state index is -0.190. The van der Waals surface area contributed by atoms with E-state index in [1.54, 1.807) is 0 Å². The first kappa shape index (κ1) is 9.54. The quantitative estimate of drug-likeness (QED) is 0.590. The van der Waals surface area contributed by atoms with Crippen LogP contribution in [0.15, 0.2) is 12.3 Å². The summed E-state index contributed by atoms with van der Waals surface area (Å²) in [5.41, 5.74) is -0.154. The number of fused-ring (bicyclic) bond motifs is 1. The van der Waals surface area contributed by atoms with Gasteiger partial charge in [-0.2, -0.15) is 5.26 Å². The Morgan fingerprint density at radius 1 is 1.50 bits per heavy atom. The molecule has 2 aliphatic rings. The predicted octanol–water partition coefficient (Wildman–Crippen LogP) is 2.22. The van der Waals surface area contributed by atoms with Gasteiger partial charge < -0.3 is 4.84 Å². The summed E-state index contributed by atoms with van der Waals surface area (Å²) in [7, 11) is 0. The van der Waals surface area contributed by atoms with Gasteiger partial charge in [-0.15, -0.1) is 5.06 Å². The second-order valence-corrected chi connectivity index (χ2v) is 5.08. The van der Waals surface area contributed by atoms with Crippen LogP contribution in [0.3, 0.4) is 0 Å². The zero-order valence-electron chi connectivity index (χ0n) is 9.00. The van der Waals surface area contributed by atoms with Gasteiger partial charge in [0, 0.05) is 0 Å². The van der Waals surface area contributed by atoms with Gasteiger partial charge in [0.1, 0.15) is 11.7 Å². The minimum Gasteiger partial charge on any atom is -0.408 e. The largest absolute Gasteiger partial charge is 0.408 e. The van der Waals surface area contributed by atoms with Crippen LogP contribution in [0.25, 0.3) is 0 Å². The third-order valence-electron chi connectivity index (χ3n) is 3.54. The van der Waals surface area contributed by atoms with E-state index in [1.807, 2.05) is 5.06 Å². The molecular weight excluding hydrogens is 176 g/mol. The SMILES string of the molecule is C=C1ON2C(C)(C)CCC2(C)C1C#N. The minimum absolute atomic E-state index is 0.0172. The average Bonchev–Trinajstić information content (AvgIpc) is 2.47.